The van der Waals surface area contributed by atoms with Gasteiger partial charge in [-0.2, -0.15) is 4.98 Å². The van der Waals surface area contributed by atoms with E-state index in [9.17, 15) is 4.79 Å². The van der Waals surface area contributed by atoms with E-state index in [0.717, 1.165) is 4.90 Å². The Hall–Kier alpha value is -3.00. The predicted molar refractivity (Wildman–Crippen MR) is 104 cm³/mol. The van der Waals surface area contributed by atoms with Gasteiger partial charge < -0.3 is 18.7 Å². The van der Waals surface area contributed by atoms with Crippen molar-refractivity contribution in [3.05, 3.63) is 54.4 Å². The molecule has 0 amide bonds. The van der Waals surface area contributed by atoms with E-state index in [1.54, 1.807) is 39.3 Å². The maximum absolute atomic E-state index is 12.2. The number of nitrogens with zero attached hydrogens (tertiary/aromatic N) is 2. The number of hydrogen-bond acceptors (Lipinski definition) is 8. The van der Waals surface area contributed by atoms with Crippen molar-refractivity contribution in [2.45, 2.75) is 23.7 Å². The van der Waals surface area contributed by atoms with Crippen molar-refractivity contribution in [2.75, 3.05) is 14.2 Å². The first-order valence-electron chi connectivity index (χ1n) is 8.54. The zero-order valence-electron chi connectivity index (χ0n) is 15.7. The van der Waals surface area contributed by atoms with Gasteiger partial charge in [0.15, 0.2) is 6.61 Å². The minimum atomic E-state index is -0.355. The first-order chi connectivity index (χ1) is 13.6. The molecule has 7 nitrogen and oxygen atoms in total. The fourth-order valence-electron chi connectivity index (χ4n) is 2.41. The molecule has 0 saturated carbocycles. The number of thioether (sulfide) groups is 1. The number of rotatable bonds is 8. The summed E-state index contributed by atoms with van der Waals surface area (Å²) in [5.41, 5.74) is 0.651. The van der Waals surface area contributed by atoms with Crippen molar-refractivity contribution in [3.63, 3.8) is 0 Å². The lowest BCUT2D eigenvalue weighted by molar-refractivity contribution is -0.144. The zero-order valence-corrected chi connectivity index (χ0v) is 16.6. The Morgan fingerprint density at radius 1 is 1.14 bits per heavy atom. The Morgan fingerprint density at radius 3 is 2.64 bits per heavy atom. The van der Waals surface area contributed by atoms with Gasteiger partial charge in [0.05, 0.1) is 19.8 Å². The van der Waals surface area contributed by atoms with Crippen LogP contribution in [0.15, 0.2) is 57.9 Å². The topological polar surface area (TPSA) is 83.7 Å². The van der Waals surface area contributed by atoms with Gasteiger partial charge in [0.25, 0.3) is 5.89 Å². The first-order valence-corrected chi connectivity index (χ1v) is 9.42. The molecule has 0 unspecified atom stereocenters. The normalized spacial score (nSPS) is 11.7. The van der Waals surface area contributed by atoms with Gasteiger partial charge in [-0.15, -0.1) is 11.8 Å². The van der Waals surface area contributed by atoms with Gasteiger partial charge in [-0.05, 0) is 31.2 Å². The summed E-state index contributed by atoms with van der Waals surface area (Å²) in [6.45, 7) is 1.70. The van der Waals surface area contributed by atoms with Gasteiger partial charge in [-0.3, -0.25) is 4.79 Å². The molecule has 8 heteroatoms. The summed E-state index contributed by atoms with van der Waals surface area (Å²) >= 11 is 1.43. The van der Waals surface area contributed by atoms with Crippen LogP contribution in [0, 0.1) is 0 Å². The number of carbonyl (C=O) groups excluding carboxylic acids is 1. The molecule has 1 heterocycles. The highest BCUT2D eigenvalue weighted by Gasteiger charge is 2.19. The third-order valence-electron chi connectivity index (χ3n) is 3.84. The highest BCUT2D eigenvalue weighted by Crippen LogP contribution is 2.31. The molecule has 0 saturated heterocycles. The number of ether oxygens (including phenoxy) is 3. The second-order valence-electron chi connectivity index (χ2n) is 5.76. The molecule has 0 radical (unpaired) electrons. The second kappa shape index (κ2) is 9.27. The monoisotopic (exact) mass is 400 g/mol. The van der Waals surface area contributed by atoms with Crippen LogP contribution in [0.25, 0.3) is 11.4 Å². The summed E-state index contributed by atoms with van der Waals surface area (Å²) in [6.07, 6.45) is 0. The molecular weight excluding hydrogens is 380 g/mol. The van der Waals surface area contributed by atoms with Crippen LogP contribution in [0.3, 0.4) is 0 Å². The van der Waals surface area contributed by atoms with Crippen LogP contribution >= 0.6 is 11.8 Å². The average molecular weight is 400 g/mol. The van der Waals surface area contributed by atoms with Crippen LogP contribution in [-0.2, 0) is 16.1 Å². The minimum absolute atomic E-state index is 0.0933. The van der Waals surface area contributed by atoms with Gasteiger partial charge in [-0.1, -0.05) is 23.4 Å². The van der Waals surface area contributed by atoms with E-state index in [1.165, 1.54) is 11.8 Å². The van der Waals surface area contributed by atoms with Crippen LogP contribution in [0.1, 0.15) is 12.8 Å². The van der Waals surface area contributed by atoms with Gasteiger partial charge in [0.1, 0.15) is 16.7 Å². The van der Waals surface area contributed by atoms with Crippen molar-refractivity contribution >= 4 is 17.7 Å². The molecule has 0 aliphatic rings. The molecule has 0 aliphatic heterocycles. The third kappa shape index (κ3) is 4.83. The SMILES string of the molecule is COc1ccc(-c2noc(COC(=O)[C@H](C)Sc3ccccc3)n2)c(OC)c1. The first kappa shape index (κ1) is 19.8. The van der Waals surface area contributed by atoms with E-state index in [0.29, 0.717) is 22.9 Å². The van der Waals surface area contributed by atoms with Gasteiger partial charge >= 0.3 is 5.97 Å². The lowest BCUT2D eigenvalue weighted by Crippen LogP contribution is -2.16. The Balaban J connectivity index is 1.61. The summed E-state index contributed by atoms with van der Waals surface area (Å²) in [5, 5.41) is 3.58. The van der Waals surface area contributed by atoms with E-state index in [-0.39, 0.29) is 23.7 Å². The molecule has 28 heavy (non-hydrogen) atoms. The molecule has 3 rings (SSSR count). The van der Waals surface area contributed by atoms with Gasteiger partial charge in [0.2, 0.25) is 5.82 Å². The van der Waals surface area contributed by atoms with Crippen molar-refractivity contribution in [2.24, 2.45) is 0 Å². The fraction of sp³-hybridized carbons (Fsp3) is 0.250. The Kier molecular flexibility index (Phi) is 6.54. The number of aromatic nitrogens is 2. The van der Waals surface area contributed by atoms with Crippen LogP contribution in [0.5, 0.6) is 11.5 Å². The van der Waals surface area contributed by atoms with Crippen molar-refractivity contribution in [1.82, 2.24) is 10.1 Å². The predicted octanol–water partition coefficient (Wildman–Crippen LogP) is 3.98. The Labute approximate surface area is 167 Å². The number of methoxy groups -OCH3 is 2. The van der Waals surface area contributed by atoms with Crippen LogP contribution in [0.4, 0.5) is 0 Å². The number of esters is 1. The van der Waals surface area contributed by atoms with E-state index >= 15 is 0 Å². The zero-order chi connectivity index (χ0) is 19.9. The lowest BCUT2D eigenvalue weighted by atomic mass is 10.2. The van der Waals surface area contributed by atoms with Gasteiger partial charge in [-0.25, -0.2) is 0 Å². The smallest absolute Gasteiger partial charge is 0.319 e. The van der Waals surface area contributed by atoms with E-state index < -0.39 is 0 Å². The fourth-order valence-corrected chi connectivity index (χ4v) is 3.29. The molecule has 146 valence electrons. The van der Waals surface area contributed by atoms with E-state index in [4.69, 9.17) is 18.7 Å². The van der Waals surface area contributed by atoms with E-state index in [2.05, 4.69) is 10.1 Å². The quantitative estimate of drug-likeness (QED) is 0.415. The van der Waals surface area contributed by atoms with Crippen LogP contribution in [0.2, 0.25) is 0 Å². The lowest BCUT2D eigenvalue weighted by Gasteiger charge is -2.09. The van der Waals surface area contributed by atoms with E-state index in [1.807, 2.05) is 30.3 Å². The maximum Gasteiger partial charge on any atom is 0.319 e. The Morgan fingerprint density at radius 2 is 1.93 bits per heavy atom. The standard InChI is InChI=1S/C20H20N2O5S/c1-13(28-15-7-5-4-6-8-15)20(23)26-12-18-21-19(22-27-18)16-10-9-14(24-2)11-17(16)25-3/h4-11,13H,12H2,1-3H3/t13-/m0/s1. The molecule has 3 aromatic rings. The summed E-state index contributed by atoms with van der Waals surface area (Å²) < 4.78 is 21.0. The van der Waals surface area contributed by atoms with Crippen molar-refractivity contribution in [3.8, 4) is 22.9 Å². The molecule has 1 aromatic heterocycles. The summed E-state index contributed by atoms with van der Waals surface area (Å²) in [7, 11) is 3.12. The highest BCUT2D eigenvalue weighted by atomic mass is 32.2. The van der Waals surface area contributed by atoms with Crippen LogP contribution < -0.4 is 9.47 Å². The molecule has 0 N–H and O–H groups in total. The molecule has 1 atom stereocenters. The molecule has 0 aliphatic carbocycles. The average Bonchev–Trinajstić information content (AvgIpc) is 3.21. The summed E-state index contributed by atoms with van der Waals surface area (Å²) in [6, 6.07) is 14.9. The second-order valence-corrected chi connectivity index (χ2v) is 7.17. The molecular formula is C20H20N2O5S. The largest absolute Gasteiger partial charge is 0.497 e. The van der Waals surface area contributed by atoms with Crippen LogP contribution in [-0.4, -0.2) is 35.6 Å². The van der Waals surface area contributed by atoms with Crippen molar-refractivity contribution in [1.29, 1.82) is 0 Å². The number of hydrogen-bond donors (Lipinski definition) is 0. The minimum Gasteiger partial charge on any atom is -0.497 e. The summed E-state index contributed by atoms with van der Waals surface area (Å²) in [4.78, 5) is 17.5. The molecule has 0 bridgehead atoms. The molecule has 0 spiro atoms. The molecule has 0 fully saturated rings. The number of benzene rings is 2. The third-order valence-corrected chi connectivity index (χ3v) is 4.93. The number of carbonyl (C=O) groups is 1. The highest BCUT2D eigenvalue weighted by molar-refractivity contribution is 8.00. The van der Waals surface area contributed by atoms with Crippen molar-refractivity contribution < 1.29 is 23.5 Å². The summed E-state index contributed by atoms with van der Waals surface area (Å²) in [5.74, 6) is 1.41. The maximum atomic E-state index is 12.2. The molecule has 2 aromatic carbocycles. The Bertz CT molecular complexity index is 929. The van der Waals surface area contributed by atoms with Gasteiger partial charge in [0, 0.05) is 11.0 Å².